The minimum atomic E-state index is -3.57. The fourth-order valence-electron chi connectivity index (χ4n) is 2.32. The second-order valence-corrected chi connectivity index (χ2v) is 7.08. The van der Waals surface area contributed by atoms with Crippen LogP contribution in [0.3, 0.4) is 0 Å². The van der Waals surface area contributed by atoms with Crippen LogP contribution < -0.4 is 4.72 Å². The Bertz CT molecular complexity index is 573. The van der Waals surface area contributed by atoms with E-state index in [1.807, 2.05) is 6.92 Å². The Morgan fingerprint density at radius 1 is 1.40 bits per heavy atom. The van der Waals surface area contributed by atoms with Gasteiger partial charge in [0.2, 0.25) is 10.0 Å². The number of aliphatic hydroxyl groups is 1. The Morgan fingerprint density at radius 2 is 2.10 bits per heavy atom. The van der Waals surface area contributed by atoms with Gasteiger partial charge in [-0.3, -0.25) is 0 Å². The Balaban J connectivity index is 2.14. The lowest BCUT2D eigenvalue weighted by atomic mass is 9.80. The van der Waals surface area contributed by atoms with E-state index in [1.165, 1.54) is 6.07 Å². The number of ether oxygens (including phenoxy) is 1. The number of sulfonamides is 1. The van der Waals surface area contributed by atoms with Crippen LogP contribution in [0.2, 0.25) is 0 Å². The zero-order valence-corrected chi connectivity index (χ0v) is 12.7. The fourth-order valence-corrected chi connectivity index (χ4v) is 3.48. The average molecular weight is 299 g/mol. The zero-order valence-electron chi connectivity index (χ0n) is 11.8. The summed E-state index contributed by atoms with van der Waals surface area (Å²) in [5.74, 6) is 0. The summed E-state index contributed by atoms with van der Waals surface area (Å²) in [5.41, 5.74) is 1.15. The van der Waals surface area contributed by atoms with Crippen LogP contribution >= 0.6 is 0 Å². The van der Waals surface area contributed by atoms with E-state index in [0.717, 1.165) is 24.8 Å². The molecule has 0 bridgehead atoms. The van der Waals surface area contributed by atoms with Crippen LogP contribution in [-0.2, 0) is 21.4 Å². The van der Waals surface area contributed by atoms with Gasteiger partial charge in [-0.1, -0.05) is 6.07 Å². The van der Waals surface area contributed by atoms with Crippen molar-refractivity contribution in [2.45, 2.75) is 43.3 Å². The molecule has 20 heavy (non-hydrogen) atoms. The Hall–Kier alpha value is -0.950. The molecule has 1 aromatic carbocycles. The lowest BCUT2D eigenvalue weighted by Gasteiger charge is -2.40. The number of aliphatic hydroxyl groups excluding tert-OH is 1. The van der Waals surface area contributed by atoms with E-state index >= 15 is 0 Å². The summed E-state index contributed by atoms with van der Waals surface area (Å²) < 4.78 is 32.5. The van der Waals surface area contributed by atoms with E-state index in [2.05, 4.69) is 4.72 Å². The largest absolute Gasteiger partial charge is 0.392 e. The predicted molar refractivity (Wildman–Crippen MR) is 75.9 cm³/mol. The number of benzene rings is 1. The number of aryl methyl sites for hydroxylation is 1. The maximum Gasteiger partial charge on any atom is 0.240 e. The summed E-state index contributed by atoms with van der Waals surface area (Å²) in [4.78, 5) is 0.178. The number of nitrogens with one attached hydrogen (secondary N) is 1. The smallest absolute Gasteiger partial charge is 0.240 e. The van der Waals surface area contributed by atoms with Crippen molar-refractivity contribution in [1.29, 1.82) is 0 Å². The standard InChI is InChI=1S/C14H21NO4S/c1-11-4-5-13(8-12(11)9-16)20(17,18)15-10-14(19-2)6-3-7-14/h4-5,8,15-16H,3,6-7,9-10H2,1-2H3. The highest BCUT2D eigenvalue weighted by Gasteiger charge is 2.38. The van der Waals surface area contributed by atoms with E-state index in [4.69, 9.17) is 4.74 Å². The quantitative estimate of drug-likeness (QED) is 0.831. The monoisotopic (exact) mass is 299 g/mol. The molecule has 0 heterocycles. The second-order valence-electron chi connectivity index (χ2n) is 5.31. The molecule has 0 unspecified atom stereocenters. The van der Waals surface area contributed by atoms with Crippen LogP contribution in [0.5, 0.6) is 0 Å². The molecule has 0 amide bonds. The second kappa shape index (κ2) is 5.81. The minimum absolute atomic E-state index is 0.169. The van der Waals surface area contributed by atoms with Crippen molar-refractivity contribution in [2.24, 2.45) is 0 Å². The Labute approximate surface area is 120 Å². The molecule has 0 atom stereocenters. The van der Waals surface area contributed by atoms with Gasteiger partial charge in [-0.2, -0.15) is 0 Å². The molecule has 6 heteroatoms. The summed E-state index contributed by atoms with van der Waals surface area (Å²) in [7, 11) is -1.96. The van der Waals surface area contributed by atoms with E-state index < -0.39 is 10.0 Å². The van der Waals surface area contributed by atoms with Gasteiger partial charge in [-0.25, -0.2) is 13.1 Å². The topological polar surface area (TPSA) is 75.6 Å². The van der Waals surface area contributed by atoms with Crippen LogP contribution in [0.15, 0.2) is 23.1 Å². The van der Waals surface area contributed by atoms with Crippen molar-refractivity contribution in [3.05, 3.63) is 29.3 Å². The zero-order chi connectivity index (χ0) is 14.8. The first kappa shape index (κ1) is 15.4. The first-order chi connectivity index (χ1) is 9.42. The first-order valence-electron chi connectivity index (χ1n) is 6.68. The molecule has 0 saturated heterocycles. The molecular formula is C14H21NO4S. The van der Waals surface area contributed by atoms with Crippen LogP contribution in [0, 0.1) is 6.92 Å². The van der Waals surface area contributed by atoms with E-state index in [1.54, 1.807) is 19.2 Å². The van der Waals surface area contributed by atoms with Gasteiger partial charge in [0, 0.05) is 13.7 Å². The van der Waals surface area contributed by atoms with Gasteiger partial charge in [0.25, 0.3) is 0 Å². The maximum atomic E-state index is 12.3. The van der Waals surface area contributed by atoms with Crippen molar-refractivity contribution in [1.82, 2.24) is 4.72 Å². The summed E-state index contributed by atoms with van der Waals surface area (Å²) >= 11 is 0. The normalized spacial score (nSPS) is 17.8. The molecule has 5 nitrogen and oxygen atoms in total. The SMILES string of the molecule is COC1(CNS(=O)(=O)c2ccc(C)c(CO)c2)CCC1. The lowest BCUT2D eigenvalue weighted by molar-refractivity contribution is -0.0659. The van der Waals surface area contributed by atoms with E-state index in [-0.39, 0.29) is 23.6 Å². The number of rotatable bonds is 6. The molecule has 0 aliphatic heterocycles. The van der Waals surface area contributed by atoms with E-state index in [0.29, 0.717) is 5.56 Å². The van der Waals surface area contributed by atoms with Gasteiger partial charge in [-0.05, 0) is 49.4 Å². The first-order valence-corrected chi connectivity index (χ1v) is 8.16. The van der Waals surface area contributed by atoms with Gasteiger partial charge < -0.3 is 9.84 Å². The molecule has 0 radical (unpaired) electrons. The highest BCUT2D eigenvalue weighted by atomic mass is 32.2. The van der Waals surface area contributed by atoms with Gasteiger partial charge in [0.1, 0.15) is 0 Å². The van der Waals surface area contributed by atoms with E-state index in [9.17, 15) is 13.5 Å². The summed E-state index contributed by atoms with van der Waals surface area (Å²) in [6.45, 7) is 1.95. The molecule has 1 saturated carbocycles. The molecule has 1 fully saturated rings. The highest BCUT2D eigenvalue weighted by molar-refractivity contribution is 7.89. The molecule has 0 aromatic heterocycles. The Morgan fingerprint density at radius 3 is 2.60 bits per heavy atom. The molecule has 1 aromatic rings. The van der Waals surface area contributed by atoms with Crippen LogP contribution in [0.1, 0.15) is 30.4 Å². The average Bonchev–Trinajstić information content (AvgIpc) is 2.38. The number of hydrogen-bond donors (Lipinski definition) is 2. The summed E-state index contributed by atoms with van der Waals surface area (Å²) in [5, 5.41) is 9.22. The van der Waals surface area contributed by atoms with Crippen LogP contribution in [0.4, 0.5) is 0 Å². The lowest BCUT2D eigenvalue weighted by Crippen LogP contribution is -2.49. The van der Waals surface area contributed by atoms with Crippen LogP contribution in [-0.4, -0.2) is 32.8 Å². The summed E-state index contributed by atoms with van der Waals surface area (Å²) in [6.07, 6.45) is 2.82. The van der Waals surface area contributed by atoms with Crippen molar-refractivity contribution >= 4 is 10.0 Å². The summed E-state index contributed by atoms with van der Waals surface area (Å²) in [6, 6.07) is 4.77. The number of methoxy groups -OCH3 is 1. The minimum Gasteiger partial charge on any atom is -0.392 e. The molecule has 2 N–H and O–H groups in total. The van der Waals surface area contributed by atoms with Gasteiger partial charge in [0.15, 0.2) is 0 Å². The number of hydrogen-bond acceptors (Lipinski definition) is 4. The highest BCUT2D eigenvalue weighted by Crippen LogP contribution is 2.34. The van der Waals surface area contributed by atoms with Gasteiger partial charge in [0.05, 0.1) is 17.1 Å². The third-order valence-electron chi connectivity index (χ3n) is 4.08. The third kappa shape index (κ3) is 3.03. The molecule has 112 valence electrons. The molecule has 1 aliphatic rings. The van der Waals surface area contributed by atoms with Crippen molar-refractivity contribution in [2.75, 3.05) is 13.7 Å². The van der Waals surface area contributed by atoms with Gasteiger partial charge in [-0.15, -0.1) is 0 Å². The van der Waals surface area contributed by atoms with Crippen molar-refractivity contribution < 1.29 is 18.3 Å². The predicted octanol–water partition coefficient (Wildman–Crippen LogP) is 1.33. The van der Waals surface area contributed by atoms with Crippen molar-refractivity contribution in [3.63, 3.8) is 0 Å². The molecular weight excluding hydrogens is 278 g/mol. The molecule has 2 rings (SSSR count). The van der Waals surface area contributed by atoms with Crippen LogP contribution in [0.25, 0.3) is 0 Å². The third-order valence-corrected chi connectivity index (χ3v) is 5.48. The fraction of sp³-hybridized carbons (Fsp3) is 0.571. The van der Waals surface area contributed by atoms with Crippen molar-refractivity contribution in [3.8, 4) is 0 Å². The van der Waals surface area contributed by atoms with Gasteiger partial charge >= 0.3 is 0 Å². The molecule has 0 spiro atoms. The Kier molecular flexibility index (Phi) is 4.49. The maximum absolute atomic E-state index is 12.3. The molecule has 1 aliphatic carbocycles.